The molecule has 0 aliphatic heterocycles. The summed E-state index contributed by atoms with van der Waals surface area (Å²) < 4.78 is 10.2. The largest absolute Gasteiger partial charge is 0.497 e. The first-order valence-corrected chi connectivity index (χ1v) is 7.44. The molecule has 2 aromatic carbocycles. The highest BCUT2D eigenvalue weighted by Gasteiger charge is 2.11. The highest BCUT2D eigenvalue weighted by atomic mass is 16.5. The minimum atomic E-state index is -0.373. The van der Waals surface area contributed by atoms with Gasteiger partial charge in [-0.15, -0.1) is 0 Å². The van der Waals surface area contributed by atoms with Crippen molar-refractivity contribution < 1.29 is 19.1 Å². The summed E-state index contributed by atoms with van der Waals surface area (Å²) in [6.07, 6.45) is 0. The Kier molecular flexibility index (Phi) is 6.19. The van der Waals surface area contributed by atoms with Gasteiger partial charge in [0, 0.05) is 18.2 Å². The molecule has 0 radical (unpaired) electrons. The number of hydrogen-bond acceptors (Lipinski definition) is 4. The van der Waals surface area contributed by atoms with Crippen LogP contribution in [0, 0.1) is 0 Å². The maximum atomic E-state index is 12.2. The summed E-state index contributed by atoms with van der Waals surface area (Å²) in [4.78, 5) is 24.0. The van der Waals surface area contributed by atoms with Crippen LogP contribution >= 0.6 is 0 Å². The molecular weight excluding hydrogens is 308 g/mol. The van der Waals surface area contributed by atoms with Gasteiger partial charge in [-0.1, -0.05) is 30.3 Å². The summed E-state index contributed by atoms with van der Waals surface area (Å²) >= 11 is 0. The molecule has 2 aromatic rings. The quantitative estimate of drug-likeness (QED) is 0.812. The van der Waals surface area contributed by atoms with Gasteiger partial charge in [0.2, 0.25) is 5.91 Å². The third-order valence-corrected chi connectivity index (χ3v) is 3.36. The lowest BCUT2D eigenvalue weighted by Gasteiger charge is -2.09. The van der Waals surface area contributed by atoms with Crippen molar-refractivity contribution >= 4 is 11.8 Å². The standard InChI is InChI=1S/C18H20N2O4/c1-23-15-8-14(9-16(10-15)24-2)18(22)20-12-17(21)19-11-13-6-4-3-5-7-13/h3-10H,11-12H2,1-2H3,(H,19,21)(H,20,22). The van der Waals surface area contributed by atoms with Gasteiger partial charge < -0.3 is 20.1 Å². The van der Waals surface area contributed by atoms with Crippen LogP contribution in [0.4, 0.5) is 0 Å². The number of carbonyl (C=O) groups is 2. The van der Waals surface area contributed by atoms with Crippen LogP contribution in [0.1, 0.15) is 15.9 Å². The van der Waals surface area contributed by atoms with Crippen LogP contribution in [0.2, 0.25) is 0 Å². The molecule has 0 atom stereocenters. The molecule has 0 saturated heterocycles. The van der Waals surface area contributed by atoms with E-state index in [0.717, 1.165) is 5.56 Å². The molecule has 126 valence electrons. The average molecular weight is 328 g/mol. The van der Waals surface area contributed by atoms with Crippen molar-refractivity contribution in [3.05, 3.63) is 59.7 Å². The van der Waals surface area contributed by atoms with Crippen LogP contribution in [0.25, 0.3) is 0 Å². The second-order valence-electron chi connectivity index (χ2n) is 5.05. The average Bonchev–Trinajstić information content (AvgIpc) is 2.64. The van der Waals surface area contributed by atoms with Crippen molar-refractivity contribution in [1.29, 1.82) is 0 Å². The molecule has 0 aliphatic carbocycles. The van der Waals surface area contributed by atoms with Gasteiger partial charge in [0.15, 0.2) is 0 Å². The van der Waals surface area contributed by atoms with Crippen LogP contribution < -0.4 is 20.1 Å². The normalized spacial score (nSPS) is 9.92. The summed E-state index contributed by atoms with van der Waals surface area (Å²) in [7, 11) is 3.01. The SMILES string of the molecule is COc1cc(OC)cc(C(=O)NCC(=O)NCc2ccccc2)c1. The number of methoxy groups -OCH3 is 2. The summed E-state index contributed by atoms with van der Waals surface area (Å²) in [5.41, 5.74) is 1.36. The maximum absolute atomic E-state index is 12.2. The van der Waals surface area contributed by atoms with Crippen LogP contribution in [0.5, 0.6) is 11.5 Å². The Labute approximate surface area is 140 Å². The first-order valence-electron chi connectivity index (χ1n) is 7.44. The Balaban J connectivity index is 1.87. The molecule has 0 unspecified atom stereocenters. The lowest BCUT2D eigenvalue weighted by atomic mass is 10.2. The van der Waals surface area contributed by atoms with E-state index < -0.39 is 0 Å². The highest BCUT2D eigenvalue weighted by Crippen LogP contribution is 2.22. The Hall–Kier alpha value is -3.02. The van der Waals surface area contributed by atoms with Gasteiger partial charge in [0.1, 0.15) is 11.5 Å². The molecule has 6 heteroatoms. The van der Waals surface area contributed by atoms with Crippen LogP contribution in [0.15, 0.2) is 48.5 Å². The molecule has 2 N–H and O–H groups in total. The number of ether oxygens (including phenoxy) is 2. The molecule has 0 heterocycles. The van der Waals surface area contributed by atoms with Crippen molar-refractivity contribution in [3.63, 3.8) is 0 Å². The monoisotopic (exact) mass is 328 g/mol. The molecule has 24 heavy (non-hydrogen) atoms. The number of nitrogens with one attached hydrogen (secondary N) is 2. The Morgan fingerprint density at radius 3 is 2.12 bits per heavy atom. The number of carbonyl (C=O) groups excluding carboxylic acids is 2. The Bertz CT molecular complexity index is 679. The van der Waals surface area contributed by atoms with E-state index in [1.165, 1.54) is 14.2 Å². The fourth-order valence-electron chi connectivity index (χ4n) is 2.06. The van der Waals surface area contributed by atoms with E-state index in [9.17, 15) is 9.59 Å². The second kappa shape index (κ2) is 8.57. The van der Waals surface area contributed by atoms with Crippen molar-refractivity contribution in [3.8, 4) is 11.5 Å². The maximum Gasteiger partial charge on any atom is 0.251 e. The van der Waals surface area contributed by atoms with E-state index in [2.05, 4.69) is 10.6 Å². The zero-order chi connectivity index (χ0) is 17.4. The predicted octanol–water partition coefficient (Wildman–Crippen LogP) is 1.75. The highest BCUT2D eigenvalue weighted by molar-refractivity contribution is 5.97. The third-order valence-electron chi connectivity index (χ3n) is 3.36. The van der Waals surface area contributed by atoms with Gasteiger partial charge in [-0.3, -0.25) is 9.59 Å². The fraction of sp³-hybridized carbons (Fsp3) is 0.222. The van der Waals surface area contributed by atoms with Crippen LogP contribution in [-0.4, -0.2) is 32.6 Å². The molecule has 2 rings (SSSR count). The fourth-order valence-corrected chi connectivity index (χ4v) is 2.06. The van der Waals surface area contributed by atoms with E-state index in [-0.39, 0.29) is 18.4 Å². The molecule has 6 nitrogen and oxygen atoms in total. The summed E-state index contributed by atoms with van der Waals surface area (Å²) in [5, 5.41) is 5.32. The van der Waals surface area contributed by atoms with Crippen molar-refractivity contribution in [1.82, 2.24) is 10.6 Å². The predicted molar refractivity (Wildman–Crippen MR) is 90.2 cm³/mol. The smallest absolute Gasteiger partial charge is 0.251 e. The molecular formula is C18H20N2O4. The minimum absolute atomic E-state index is 0.106. The van der Waals surface area contributed by atoms with E-state index in [0.29, 0.717) is 23.6 Å². The van der Waals surface area contributed by atoms with Gasteiger partial charge in [-0.25, -0.2) is 0 Å². The molecule has 0 bridgehead atoms. The van der Waals surface area contributed by atoms with Crippen molar-refractivity contribution in [2.75, 3.05) is 20.8 Å². The van der Waals surface area contributed by atoms with Gasteiger partial charge >= 0.3 is 0 Å². The molecule has 0 spiro atoms. The van der Waals surface area contributed by atoms with Gasteiger partial charge in [0.05, 0.1) is 20.8 Å². The summed E-state index contributed by atoms with van der Waals surface area (Å²) in [5.74, 6) is 0.380. The Morgan fingerprint density at radius 2 is 1.54 bits per heavy atom. The minimum Gasteiger partial charge on any atom is -0.497 e. The number of rotatable bonds is 7. The zero-order valence-electron chi connectivity index (χ0n) is 13.7. The van der Waals surface area contributed by atoms with E-state index >= 15 is 0 Å². The second-order valence-corrected chi connectivity index (χ2v) is 5.05. The van der Waals surface area contributed by atoms with Gasteiger partial charge in [-0.2, -0.15) is 0 Å². The Morgan fingerprint density at radius 1 is 0.917 bits per heavy atom. The molecule has 0 fully saturated rings. The first-order chi connectivity index (χ1) is 11.6. The van der Waals surface area contributed by atoms with E-state index in [1.807, 2.05) is 30.3 Å². The molecule has 0 saturated carbocycles. The number of hydrogen-bond donors (Lipinski definition) is 2. The number of benzene rings is 2. The lowest BCUT2D eigenvalue weighted by molar-refractivity contribution is -0.120. The van der Waals surface area contributed by atoms with E-state index in [4.69, 9.17) is 9.47 Å². The van der Waals surface area contributed by atoms with Crippen LogP contribution in [0.3, 0.4) is 0 Å². The third kappa shape index (κ3) is 5.01. The zero-order valence-corrected chi connectivity index (χ0v) is 13.7. The van der Waals surface area contributed by atoms with Gasteiger partial charge in [-0.05, 0) is 17.7 Å². The number of amides is 2. The first kappa shape index (κ1) is 17.3. The lowest BCUT2D eigenvalue weighted by Crippen LogP contribution is -2.36. The topological polar surface area (TPSA) is 76.7 Å². The van der Waals surface area contributed by atoms with E-state index in [1.54, 1.807) is 18.2 Å². The van der Waals surface area contributed by atoms with Crippen LogP contribution in [-0.2, 0) is 11.3 Å². The summed E-state index contributed by atoms with van der Waals surface area (Å²) in [6.45, 7) is 0.313. The summed E-state index contributed by atoms with van der Waals surface area (Å²) in [6, 6.07) is 14.4. The van der Waals surface area contributed by atoms with Crippen molar-refractivity contribution in [2.24, 2.45) is 0 Å². The molecule has 0 aliphatic rings. The molecule has 2 amide bonds. The van der Waals surface area contributed by atoms with Gasteiger partial charge in [0.25, 0.3) is 5.91 Å². The molecule has 0 aromatic heterocycles. The van der Waals surface area contributed by atoms with Crippen molar-refractivity contribution in [2.45, 2.75) is 6.54 Å².